The molecule has 1 heterocycles. The molecule has 0 unspecified atom stereocenters. The fourth-order valence-electron chi connectivity index (χ4n) is 1.86. The highest BCUT2D eigenvalue weighted by molar-refractivity contribution is 7.80. The summed E-state index contributed by atoms with van der Waals surface area (Å²) in [6.07, 6.45) is 0.986. The van der Waals surface area contributed by atoms with Crippen molar-refractivity contribution in [1.82, 2.24) is 4.98 Å². The lowest BCUT2D eigenvalue weighted by atomic mass is 10.1. The molecule has 2 rings (SSSR count). The standard InChI is InChI=1S/C14H13F2N3S/c1-19(14-12(16)6-11(15)7-18-14)8-9-3-2-4-10(5-9)13(17)20/h2-7H,8H2,1H3,(H2,17,20). The molecule has 20 heavy (non-hydrogen) atoms. The minimum Gasteiger partial charge on any atom is -0.389 e. The molecule has 0 atom stereocenters. The van der Waals surface area contributed by atoms with Gasteiger partial charge in [-0.05, 0) is 11.6 Å². The third-order valence-electron chi connectivity index (χ3n) is 2.78. The Balaban J connectivity index is 2.21. The molecule has 0 aliphatic rings. The van der Waals surface area contributed by atoms with E-state index in [1.54, 1.807) is 11.9 Å². The lowest BCUT2D eigenvalue weighted by molar-refractivity contribution is 0.570. The summed E-state index contributed by atoms with van der Waals surface area (Å²) in [5, 5.41) is 0. The number of nitrogens with zero attached hydrogens (tertiary/aromatic N) is 2. The van der Waals surface area contributed by atoms with Crippen LogP contribution in [0.4, 0.5) is 14.6 Å². The van der Waals surface area contributed by atoms with Crippen LogP contribution < -0.4 is 10.6 Å². The maximum absolute atomic E-state index is 13.6. The van der Waals surface area contributed by atoms with Crippen molar-refractivity contribution >= 4 is 23.0 Å². The smallest absolute Gasteiger partial charge is 0.168 e. The second kappa shape index (κ2) is 5.92. The first kappa shape index (κ1) is 14.3. The summed E-state index contributed by atoms with van der Waals surface area (Å²) in [7, 11) is 1.68. The Labute approximate surface area is 121 Å². The van der Waals surface area contributed by atoms with E-state index in [1.807, 2.05) is 24.3 Å². The Morgan fingerprint density at radius 3 is 2.75 bits per heavy atom. The van der Waals surface area contributed by atoms with E-state index in [2.05, 4.69) is 4.98 Å². The van der Waals surface area contributed by atoms with E-state index < -0.39 is 11.6 Å². The molecule has 0 aliphatic heterocycles. The van der Waals surface area contributed by atoms with E-state index in [0.717, 1.165) is 23.4 Å². The van der Waals surface area contributed by atoms with E-state index in [0.29, 0.717) is 11.5 Å². The lowest BCUT2D eigenvalue weighted by Crippen LogP contribution is -2.19. The lowest BCUT2D eigenvalue weighted by Gasteiger charge is -2.19. The summed E-state index contributed by atoms with van der Waals surface area (Å²) in [5.74, 6) is -1.31. The van der Waals surface area contributed by atoms with Gasteiger partial charge in [0.15, 0.2) is 11.6 Å². The molecule has 0 saturated carbocycles. The first-order chi connectivity index (χ1) is 9.47. The van der Waals surface area contributed by atoms with Gasteiger partial charge in [0, 0.05) is 25.2 Å². The Bertz CT molecular complexity index is 646. The highest BCUT2D eigenvalue weighted by Crippen LogP contribution is 2.18. The molecule has 1 aromatic carbocycles. The molecule has 104 valence electrons. The van der Waals surface area contributed by atoms with E-state index in [4.69, 9.17) is 18.0 Å². The van der Waals surface area contributed by atoms with Crippen molar-refractivity contribution in [3.8, 4) is 0 Å². The van der Waals surface area contributed by atoms with Crippen molar-refractivity contribution in [2.45, 2.75) is 6.54 Å². The van der Waals surface area contributed by atoms with Gasteiger partial charge in [0.05, 0.1) is 6.20 Å². The number of halogens is 2. The number of hydrogen-bond donors (Lipinski definition) is 1. The number of thiocarbonyl (C=S) groups is 1. The molecule has 1 aromatic heterocycles. The average molecular weight is 293 g/mol. The molecule has 0 fully saturated rings. The fraction of sp³-hybridized carbons (Fsp3) is 0.143. The minimum absolute atomic E-state index is 0.0899. The maximum atomic E-state index is 13.6. The topological polar surface area (TPSA) is 42.1 Å². The molecule has 2 N–H and O–H groups in total. The number of anilines is 1. The van der Waals surface area contributed by atoms with Gasteiger partial charge in [-0.3, -0.25) is 0 Å². The van der Waals surface area contributed by atoms with Crippen LogP contribution in [0.1, 0.15) is 11.1 Å². The summed E-state index contributed by atoms with van der Waals surface area (Å²) in [6.45, 7) is 0.409. The van der Waals surface area contributed by atoms with Gasteiger partial charge in [-0.15, -0.1) is 0 Å². The predicted octanol–water partition coefficient (Wildman–Crippen LogP) is 2.63. The highest BCUT2D eigenvalue weighted by Gasteiger charge is 2.11. The molecular weight excluding hydrogens is 280 g/mol. The van der Waals surface area contributed by atoms with Crippen molar-refractivity contribution in [2.75, 3.05) is 11.9 Å². The van der Waals surface area contributed by atoms with Gasteiger partial charge in [-0.2, -0.15) is 0 Å². The Morgan fingerprint density at radius 2 is 2.10 bits per heavy atom. The summed E-state index contributed by atoms with van der Waals surface area (Å²) < 4.78 is 26.5. The maximum Gasteiger partial charge on any atom is 0.168 e. The number of pyridine rings is 1. The Morgan fingerprint density at radius 1 is 1.35 bits per heavy atom. The zero-order valence-corrected chi connectivity index (χ0v) is 11.6. The quantitative estimate of drug-likeness (QED) is 0.880. The molecule has 2 aromatic rings. The fourth-order valence-corrected chi connectivity index (χ4v) is 1.99. The zero-order valence-electron chi connectivity index (χ0n) is 10.8. The third kappa shape index (κ3) is 3.27. The Hall–Kier alpha value is -2.08. The number of aromatic nitrogens is 1. The summed E-state index contributed by atoms with van der Waals surface area (Å²) in [5.41, 5.74) is 7.22. The molecule has 0 amide bonds. The van der Waals surface area contributed by atoms with Crippen LogP contribution in [0.2, 0.25) is 0 Å². The van der Waals surface area contributed by atoms with Gasteiger partial charge in [-0.1, -0.05) is 30.4 Å². The van der Waals surface area contributed by atoms with E-state index in [-0.39, 0.29) is 5.82 Å². The van der Waals surface area contributed by atoms with Crippen molar-refractivity contribution in [3.63, 3.8) is 0 Å². The van der Waals surface area contributed by atoms with Crippen LogP contribution in [-0.2, 0) is 6.54 Å². The van der Waals surface area contributed by atoms with E-state index in [1.165, 1.54) is 0 Å². The molecule has 3 nitrogen and oxygen atoms in total. The van der Waals surface area contributed by atoms with Crippen LogP contribution in [0.3, 0.4) is 0 Å². The molecule has 0 saturated heterocycles. The van der Waals surface area contributed by atoms with Gasteiger partial charge < -0.3 is 10.6 Å². The molecule has 6 heteroatoms. The largest absolute Gasteiger partial charge is 0.389 e. The zero-order chi connectivity index (χ0) is 14.7. The molecule has 0 aliphatic carbocycles. The van der Waals surface area contributed by atoms with Crippen molar-refractivity contribution in [1.29, 1.82) is 0 Å². The van der Waals surface area contributed by atoms with Gasteiger partial charge in [-0.25, -0.2) is 13.8 Å². The molecule has 0 bridgehead atoms. The van der Waals surface area contributed by atoms with Gasteiger partial charge in [0.1, 0.15) is 10.8 Å². The number of nitrogens with two attached hydrogens (primary N) is 1. The van der Waals surface area contributed by atoms with Crippen molar-refractivity contribution in [3.05, 3.63) is 59.3 Å². The first-order valence-corrected chi connectivity index (χ1v) is 6.29. The first-order valence-electron chi connectivity index (χ1n) is 5.88. The SMILES string of the molecule is CN(Cc1cccc(C(N)=S)c1)c1ncc(F)cc1F. The van der Waals surface area contributed by atoms with Crippen LogP contribution in [0.5, 0.6) is 0 Å². The molecular formula is C14H13F2N3S. The predicted molar refractivity (Wildman–Crippen MR) is 78.6 cm³/mol. The monoisotopic (exact) mass is 293 g/mol. The van der Waals surface area contributed by atoms with E-state index >= 15 is 0 Å². The van der Waals surface area contributed by atoms with Crippen LogP contribution in [-0.4, -0.2) is 17.0 Å². The highest BCUT2D eigenvalue weighted by atomic mass is 32.1. The summed E-state index contributed by atoms with van der Waals surface area (Å²) >= 11 is 4.91. The third-order valence-corrected chi connectivity index (χ3v) is 3.02. The second-order valence-electron chi connectivity index (χ2n) is 4.38. The number of hydrogen-bond acceptors (Lipinski definition) is 3. The van der Waals surface area contributed by atoms with E-state index in [9.17, 15) is 8.78 Å². The second-order valence-corrected chi connectivity index (χ2v) is 4.82. The minimum atomic E-state index is -0.699. The number of rotatable bonds is 4. The molecule has 0 radical (unpaired) electrons. The van der Waals surface area contributed by atoms with Crippen molar-refractivity contribution < 1.29 is 8.78 Å². The van der Waals surface area contributed by atoms with Gasteiger partial charge >= 0.3 is 0 Å². The summed E-state index contributed by atoms with van der Waals surface area (Å²) in [4.78, 5) is 5.65. The summed E-state index contributed by atoms with van der Waals surface area (Å²) in [6, 6.07) is 8.15. The number of benzene rings is 1. The Kier molecular flexibility index (Phi) is 4.24. The average Bonchev–Trinajstić information content (AvgIpc) is 2.38. The van der Waals surface area contributed by atoms with Crippen LogP contribution in [0.25, 0.3) is 0 Å². The normalized spacial score (nSPS) is 10.3. The van der Waals surface area contributed by atoms with Crippen LogP contribution in [0.15, 0.2) is 36.5 Å². The van der Waals surface area contributed by atoms with Crippen LogP contribution in [0, 0.1) is 11.6 Å². The van der Waals surface area contributed by atoms with Gasteiger partial charge in [0.25, 0.3) is 0 Å². The van der Waals surface area contributed by atoms with Gasteiger partial charge in [0.2, 0.25) is 0 Å². The van der Waals surface area contributed by atoms with Crippen molar-refractivity contribution in [2.24, 2.45) is 5.73 Å². The van der Waals surface area contributed by atoms with Crippen LogP contribution >= 0.6 is 12.2 Å². The molecule has 0 spiro atoms.